The Kier molecular flexibility index (Phi) is 6.32. The first-order chi connectivity index (χ1) is 13.4. The average molecular weight is 414 g/mol. The van der Waals surface area contributed by atoms with Gasteiger partial charge in [0.25, 0.3) is 5.91 Å². The molecule has 2 N–H and O–H groups in total. The van der Waals surface area contributed by atoms with E-state index >= 15 is 0 Å². The quantitative estimate of drug-likeness (QED) is 0.713. The maximum Gasteiger partial charge on any atom is 0.257 e. The number of hydrogen-bond donors (Lipinski definition) is 2. The minimum Gasteiger partial charge on any atom is -0.491 e. The Hall–Kier alpha value is -2.43. The van der Waals surface area contributed by atoms with E-state index in [1.54, 1.807) is 29.5 Å². The third-order valence-electron chi connectivity index (χ3n) is 4.55. The molecule has 7 heteroatoms. The van der Waals surface area contributed by atoms with Crippen molar-refractivity contribution in [3.05, 3.63) is 45.8 Å². The molecule has 5 nitrogen and oxygen atoms in total. The molecule has 146 valence electrons. The lowest BCUT2D eigenvalue weighted by Crippen LogP contribution is -2.34. The Morgan fingerprint density at radius 1 is 1.43 bits per heavy atom. The monoisotopic (exact) mass is 413 g/mol. The van der Waals surface area contributed by atoms with Gasteiger partial charge in [-0.25, -0.2) is 0 Å². The number of amides is 1. The molecule has 1 aliphatic rings. The van der Waals surface area contributed by atoms with Crippen LogP contribution in [0.3, 0.4) is 0 Å². The van der Waals surface area contributed by atoms with Crippen LogP contribution in [0.4, 0.5) is 5.00 Å². The molecule has 1 atom stereocenters. The predicted molar refractivity (Wildman–Crippen MR) is 116 cm³/mol. The lowest BCUT2D eigenvalue weighted by Gasteiger charge is -2.17. The molecule has 0 fully saturated rings. The molecule has 0 aliphatic heterocycles. The molecule has 2 aromatic rings. The lowest BCUT2D eigenvalue weighted by atomic mass is 9.89. The van der Waals surface area contributed by atoms with Crippen LogP contribution in [0.15, 0.2) is 24.3 Å². The number of hydrogen-bond acceptors (Lipinski definition) is 5. The molecular weight excluding hydrogens is 390 g/mol. The van der Waals surface area contributed by atoms with Gasteiger partial charge in [0.05, 0.1) is 11.7 Å². The molecule has 1 heterocycles. The van der Waals surface area contributed by atoms with E-state index in [2.05, 4.69) is 23.6 Å². The van der Waals surface area contributed by atoms with E-state index in [-0.39, 0.29) is 17.1 Å². The van der Waals surface area contributed by atoms with Gasteiger partial charge in [-0.3, -0.25) is 10.1 Å². The number of anilines is 1. The second kappa shape index (κ2) is 8.72. The Balaban J connectivity index is 1.69. The van der Waals surface area contributed by atoms with E-state index in [9.17, 15) is 10.1 Å². The van der Waals surface area contributed by atoms with Crippen molar-refractivity contribution in [1.29, 1.82) is 5.26 Å². The minimum atomic E-state index is -0.319. The molecule has 1 amide bonds. The fourth-order valence-corrected chi connectivity index (χ4v) is 4.87. The summed E-state index contributed by atoms with van der Waals surface area (Å²) in [4.78, 5) is 13.8. The van der Waals surface area contributed by atoms with Gasteiger partial charge in [-0.2, -0.15) is 5.26 Å². The number of ether oxygens (including phenoxy) is 1. The largest absolute Gasteiger partial charge is 0.491 e. The van der Waals surface area contributed by atoms with Gasteiger partial charge in [-0.1, -0.05) is 13.0 Å². The highest BCUT2D eigenvalue weighted by molar-refractivity contribution is 7.80. The summed E-state index contributed by atoms with van der Waals surface area (Å²) < 4.78 is 5.63. The van der Waals surface area contributed by atoms with Gasteiger partial charge in [-0.15, -0.1) is 11.3 Å². The van der Waals surface area contributed by atoms with Gasteiger partial charge in [0, 0.05) is 10.4 Å². The van der Waals surface area contributed by atoms with Crippen molar-refractivity contribution in [2.45, 2.75) is 46.1 Å². The first-order valence-electron chi connectivity index (χ1n) is 9.31. The highest BCUT2D eigenvalue weighted by atomic mass is 32.1. The highest BCUT2D eigenvalue weighted by Gasteiger charge is 2.24. The van der Waals surface area contributed by atoms with Gasteiger partial charge >= 0.3 is 0 Å². The van der Waals surface area contributed by atoms with Crippen LogP contribution in [-0.4, -0.2) is 17.1 Å². The van der Waals surface area contributed by atoms with Crippen molar-refractivity contribution >= 4 is 39.6 Å². The molecule has 1 unspecified atom stereocenters. The van der Waals surface area contributed by atoms with E-state index in [0.717, 1.165) is 24.8 Å². The third kappa shape index (κ3) is 4.70. The van der Waals surface area contributed by atoms with Crippen LogP contribution in [0.1, 0.15) is 53.6 Å². The van der Waals surface area contributed by atoms with Gasteiger partial charge in [-0.05, 0) is 75.0 Å². The van der Waals surface area contributed by atoms with Crippen LogP contribution in [0, 0.1) is 17.2 Å². The second-order valence-electron chi connectivity index (χ2n) is 7.27. The zero-order valence-corrected chi connectivity index (χ0v) is 17.8. The SMILES string of the molecule is CC1CCc2c(sc(NC(=S)NC(=O)c3cccc(OC(C)C)c3)c2C#N)C1. The first kappa shape index (κ1) is 20.3. The summed E-state index contributed by atoms with van der Waals surface area (Å²) in [5.74, 6) is 0.936. The van der Waals surface area contributed by atoms with Gasteiger partial charge < -0.3 is 10.1 Å². The van der Waals surface area contributed by atoms with Crippen molar-refractivity contribution in [2.75, 3.05) is 5.32 Å². The average Bonchev–Trinajstić information content (AvgIpc) is 2.96. The fourth-order valence-electron chi connectivity index (χ4n) is 3.25. The van der Waals surface area contributed by atoms with Gasteiger partial charge in [0.2, 0.25) is 0 Å². The van der Waals surface area contributed by atoms with E-state index < -0.39 is 0 Å². The molecule has 0 bridgehead atoms. The van der Waals surface area contributed by atoms with Crippen LogP contribution in [0.25, 0.3) is 0 Å². The standard InChI is InChI=1S/C21H23N3O2S2/c1-12(2)26-15-6-4-5-14(10-15)19(25)23-21(27)24-20-17(11-22)16-8-7-13(3)9-18(16)28-20/h4-6,10,12-13H,7-9H2,1-3H3,(H2,23,24,25,27). The van der Waals surface area contributed by atoms with Crippen molar-refractivity contribution in [1.82, 2.24) is 5.32 Å². The number of rotatable bonds is 4. The van der Waals surface area contributed by atoms with Gasteiger partial charge in [0.15, 0.2) is 5.11 Å². The molecule has 1 aliphatic carbocycles. The highest BCUT2D eigenvalue weighted by Crippen LogP contribution is 2.39. The number of carbonyl (C=O) groups excluding carboxylic acids is 1. The summed E-state index contributed by atoms with van der Waals surface area (Å²) >= 11 is 6.87. The van der Waals surface area contributed by atoms with Crippen molar-refractivity contribution in [3.8, 4) is 11.8 Å². The summed E-state index contributed by atoms with van der Waals surface area (Å²) in [6.45, 7) is 6.09. The number of nitrogens with zero attached hydrogens (tertiary/aromatic N) is 1. The molecule has 1 aromatic heterocycles. The van der Waals surface area contributed by atoms with Crippen molar-refractivity contribution in [3.63, 3.8) is 0 Å². The molecule has 0 saturated carbocycles. The summed E-state index contributed by atoms with van der Waals surface area (Å²) in [6.07, 6.45) is 3.02. The molecule has 1 aromatic carbocycles. The summed E-state index contributed by atoms with van der Waals surface area (Å²) in [6, 6.07) is 9.26. The number of thiophene rings is 1. The van der Waals surface area contributed by atoms with Crippen LogP contribution in [0.2, 0.25) is 0 Å². The molecule has 28 heavy (non-hydrogen) atoms. The Labute approximate surface area is 174 Å². The first-order valence-corrected chi connectivity index (χ1v) is 10.5. The zero-order chi connectivity index (χ0) is 20.3. The van der Waals surface area contributed by atoms with Crippen LogP contribution >= 0.6 is 23.6 Å². The summed E-state index contributed by atoms with van der Waals surface area (Å²) in [5.41, 5.74) is 2.23. The van der Waals surface area contributed by atoms with Crippen LogP contribution in [0.5, 0.6) is 5.75 Å². The summed E-state index contributed by atoms with van der Waals surface area (Å²) in [5, 5.41) is 16.2. The summed E-state index contributed by atoms with van der Waals surface area (Å²) in [7, 11) is 0. The fraction of sp³-hybridized carbons (Fsp3) is 0.381. The smallest absolute Gasteiger partial charge is 0.257 e. The topological polar surface area (TPSA) is 74.2 Å². The number of fused-ring (bicyclic) bond motifs is 1. The minimum absolute atomic E-state index is 0.0260. The Bertz CT molecular complexity index is 944. The molecule has 0 saturated heterocycles. The van der Waals surface area contributed by atoms with E-state index in [0.29, 0.717) is 27.8 Å². The number of nitrogens with one attached hydrogen (secondary N) is 2. The molecule has 3 rings (SSSR count). The number of carbonyl (C=O) groups is 1. The Morgan fingerprint density at radius 2 is 2.21 bits per heavy atom. The molecular formula is C21H23N3O2S2. The zero-order valence-electron chi connectivity index (χ0n) is 16.2. The van der Waals surface area contributed by atoms with Gasteiger partial charge in [0.1, 0.15) is 16.8 Å². The van der Waals surface area contributed by atoms with Crippen LogP contribution in [-0.2, 0) is 12.8 Å². The Morgan fingerprint density at radius 3 is 2.93 bits per heavy atom. The molecule has 0 spiro atoms. The number of benzene rings is 1. The number of nitriles is 1. The predicted octanol–water partition coefficient (Wildman–Crippen LogP) is 4.66. The third-order valence-corrected chi connectivity index (χ3v) is 5.92. The number of thiocarbonyl (C=S) groups is 1. The van der Waals surface area contributed by atoms with Crippen molar-refractivity contribution < 1.29 is 9.53 Å². The van der Waals surface area contributed by atoms with E-state index in [1.807, 2.05) is 19.9 Å². The lowest BCUT2D eigenvalue weighted by molar-refractivity contribution is 0.0977. The normalized spacial score (nSPS) is 15.5. The maximum atomic E-state index is 12.5. The molecule has 0 radical (unpaired) electrons. The second-order valence-corrected chi connectivity index (χ2v) is 8.78. The van der Waals surface area contributed by atoms with Crippen molar-refractivity contribution in [2.24, 2.45) is 5.92 Å². The van der Waals surface area contributed by atoms with E-state index in [1.165, 1.54) is 4.88 Å². The maximum absolute atomic E-state index is 12.5. The van der Waals surface area contributed by atoms with E-state index in [4.69, 9.17) is 17.0 Å². The van der Waals surface area contributed by atoms with Crippen LogP contribution < -0.4 is 15.4 Å².